The van der Waals surface area contributed by atoms with E-state index in [0.29, 0.717) is 0 Å². The zero-order valence-electron chi connectivity index (χ0n) is 7.05. The topological polar surface area (TPSA) is 38.0 Å². The summed E-state index contributed by atoms with van der Waals surface area (Å²) < 4.78 is 1.25. The van der Waals surface area contributed by atoms with E-state index in [1.807, 2.05) is 0 Å². The largest absolute Gasteiger partial charge is 0.271 e. The fourth-order valence-corrected chi connectivity index (χ4v) is 1.74. The van der Waals surface area contributed by atoms with Gasteiger partial charge in [-0.2, -0.15) is 0 Å². The van der Waals surface area contributed by atoms with Gasteiger partial charge >= 0.3 is 0 Å². The van der Waals surface area contributed by atoms with E-state index in [-0.39, 0.29) is 6.04 Å². The number of hydrazine groups is 1. The third-order valence-electron chi connectivity index (χ3n) is 1.86. The van der Waals surface area contributed by atoms with Gasteiger partial charge in [0.15, 0.2) is 0 Å². The number of halogens is 1. The molecule has 0 aromatic heterocycles. The lowest BCUT2D eigenvalue weighted by atomic mass is 10.1. The first-order valence-corrected chi connectivity index (χ1v) is 5.07. The second-order valence-electron chi connectivity index (χ2n) is 2.68. The van der Waals surface area contributed by atoms with Crippen molar-refractivity contribution in [3.8, 4) is 0 Å². The van der Waals surface area contributed by atoms with E-state index in [9.17, 15) is 0 Å². The number of rotatable bonds is 3. The predicted octanol–water partition coefficient (Wildman–Crippen LogP) is 2.21. The average molecular weight is 276 g/mol. The van der Waals surface area contributed by atoms with Gasteiger partial charge in [-0.3, -0.25) is 11.3 Å². The van der Waals surface area contributed by atoms with E-state index in [1.54, 1.807) is 0 Å². The maximum atomic E-state index is 5.41. The van der Waals surface area contributed by atoms with E-state index < -0.39 is 0 Å². The second-order valence-corrected chi connectivity index (χ2v) is 3.93. The third kappa shape index (κ3) is 2.43. The SMILES string of the molecule is CCC(NN)c1cccc(I)c1. The highest BCUT2D eigenvalue weighted by atomic mass is 127. The molecule has 2 nitrogen and oxygen atoms in total. The van der Waals surface area contributed by atoms with Crippen LogP contribution in [-0.4, -0.2) is 0 Å². The molecule has 1 unspecified atom stereocenters. The molecule has 66 valence electrons. The van der Waals surface area contributed by atoms with Crippen molar-refractivity contribution in [1.82, 2.24) is 5.43 Å². The predicted molar refractivity (Wildman–Crippen MR) is 59.5 cm³/mol. The Kier molecular flexibility index (Phi) is 3.97. The molecule has 3 N–H and O–H groups in total. The van der Waals surface area contributed by atoms with Crippen molar-refractivity contribution in [3.05, 3.63) is 33.4 Å². The molecule has 1 atom stereocenters. The van der Waals surface area contributed by atoms with Crippen LogP contribution in [0.5, 0.6) is 0 Å². The van der Waals surface area contributed by atoms with Crippen molar-refractivity contribution in [3.63, 3.8) is 0 Å². The number of hydrogen-bond donors (Lipinski definition) is 2. The zero-order valence-corrected chi connectivity index (χ0v) is 9.21. The van der Waals surface area contributed by atoms with Crippen LogP contribution in [0.1, 0.15) is 24.9 Å². The summed E-state index contributed by atoms with van der Waals surface area (Å²) in [6.07, 6.45) is 1.01. The lowest BCUT2D eigenvalue weighted by molar-refractivity contribution is 0.539. The van der Waals surface area contributed by atoms with Gasteiger partial charge in [0, 0.05) is 9.61 Å². The molecule has 0 spiro atoms. The molecule has 0 aliphatic carbocycles. The van der Waals surface area contributed by atoms with Gasteiger partial charge in [0.25, 0.3) is 0 Å². The van der Waals surface area contributed by atoms with Gasteiger partial charge in [-0.05, 0) is 46.7 Å². The molecule has 1 aromatic rings. The lowest BCUT2D eigenvalue weighted by Crippen LogP contribution is -2.27. The number of benzene rings is 1. The second kappa shape index (κ2) is 4.79. The van der Waals surface area contributed by atoms with Crippen LogP contribution in [0, 0.1) is 3.57 Å². The Morgan fingerprint density at radius 1 is 1.58 bits per heavy atom. The fourth-order valence-electron chi connectivity index (χ4n) is 1.17. The van der Waals surface area contributed by atoms with Crippen molar-refractivity contribution >= 4 is 22.6 Å². The van der Waals surface area contributed by atoms with Crippen molar-refractivity contribution in [2.45, 2.75) is 19.4 Å². The Morgan fingerprint density at radius 3 is 2.83 bits per heavy atom. The van der Waals surface area contributed by atoms with Gasteiger partial charge in [-0.15, -0.1) is 0 Å². The summed E-state index contributed by atoms with van der Waals surface area (Å²) in [5, 5.41) is 0. The van der Waals surface area contributed by atoms with Crippen LogP contribution in [0.3, 0.4) is 0 Å². The van der Waals surface area contributed by atoms with E-state index in [1.165, 1.54) is 9.13 Å². The van der Waals surface area contributed by atoms with Crippen LogP contribution in [0.2, 0.25) is 0 Å². The molecule has 0 aliphatic heterocycles. The summed E-state index contributed by atoms with van der Waals surface area (Å²) in [5.74, 6) is 5.41. The van der Waals surface area contributed by atoms with Crippen molar-refractivity contribution in [2.75, 3.05) is 0 Å². The molecule has 0 bridgehead atoms. The normalized spacial score (nSPS) is 12.9. The van der Waals surface area contributed by atoms with Crippen molar-refractivity contribution < 1.29 is 0 Å². The van der Waals surface area contributed by atoms with E-state index in [0.717, 1.165) is 6.42 Å². The molecular weight excluding hydrogens is 263 g/mol. The monoisotopic (exact) mass is 276 g/mol. The van der Waals surface area contributed by atoms with E-state index in [4.69, 9.17) is 5.84 Å². The Hall–Kier alpha value is -0.130. The van der Waals surface area contributed by atoms with Gasteiger partial charge in [-0.25, -0.2) is 0 Å². The lowest BCUT2D eigenvalue weighted by Gasteiger charge is -2.13. The Balaban J connectivity index is 2.85. The molecule has 1 rings (SSSR count). The molecule has 0 saturated carbocycles. The Labute approximate surface area is 86.6 Å². The van der Waals surface area contributed by atoms with Crippen LogP contribution in [-0.2, 0) is 0 Å². The summed E-state index contributed by atoms with van der Waals surface area (Å²) in [7, 11) is 0. The summed E-state index contributed by atoms with van der Waals surface area (Å²) in [4.78, 5) is 0. The van der Waals surface area contributed by atoms with Crippen LogP contribution in [0.4, 0.5) is 0 Å². The standard InChI is InChI=1S/C9H13IN2/c1-2-9(12-11)7-4-3-5-8(10)6-7/h3-6,9,12H,2,11H2,1H3. The first kappa shape index (κ1) is 9.95. The third-order valence-corrected chi connectivity index (χ3v) is 2.53. The summed E-state index contributed by atoms with van der Waals surface area (Å²) in [5.41, 5.74) is 4.05. The molecule has 1 aromatic carbocycles. The van der Waals surface area contributed by atoms with Gasteiger partial charge in [-0.1, -0.05) is 19.1 Å². The molecule has 12 heavy (non-hydrogen) atoms. The highest BCUT2D eigenvalue weighted by Crippen LogP contribution is 2.17. The van der Waals surface area contributed by atoms with Crippen LogP contribution in [0.25, 0.3) is 0 Å². The van der Waals surface area contributed by atoms with Gasteiger partial charge < -0.3 is 0 Å². The smallest absolute Gasteiger partial charge is 0.0457 e. The number of hydrogen-bond acceptors (Lipinski definition) is 2. The molecule has 0 aliphatic rings. The van der Waals surface area contributed by atoms with Gasteiger partial charge in [0.2, 0.25) is 0 Å². The summed E-state index contributed by atoms with van der Waals surface area (Å²) in [6, 6.07) is 8.65. The molecule has 0 saturated heterocycles. The summed E-state index contributed by atoms with van der Waals surface area (Å²) in [6.45, 7) is 2.12. The molecule has 3 heteroatoms. The van der Waals surface area contributed by atoms with Crippen LogP contribution in [0.15, 0.2) is 24.3 Å². The summed E-state index contributed by atoms with van der Waals surface area (Å²) >= 11 is 2.30. The minimum Gasteiger partial charge on any atom is -0.271 e. The minimum absolute atomic E-state index is 0.278. The van der Waals surface area contributed by atoms with Gasteiger partial charge in [0.1, 0.15) is 0 Å². The van der Waals surface area contributed by atoms with Crippen molar-refractivity contribution in [2.24, 2.45) is 5.84 Å². The van der Waals surface area contributed by atoms with Gasteiger partial charge in [0.05, 0.1) is 0 Å². The quantitative estimate of drug-likeness (QED) is 0.504. The minimum atomic E-state index is 0.278. The molecule has 0 heterocycles. The maximum absolute atomic E-state index is 5.41. The maximum Gasteiger partial charge on any atom is 0.0457 e. The van der Waals surface area contributed by atoms with Crippen LogP contribution >= 0.6 is 22.6 Å². The highest BCUT2D eigenvalue weighted by Gasteiger charge is 2.05. The Morgan fingerprint density at radius 2 is 2.33 bits per heavy atom. The first-order valence-electron chi connectivity index (χ1n) is 3.99. The molecule has 0 radical (unpaired) electrons. The zero-order chi connectivity index (χ0) is 8.97. The highest BCUT2D eigenvalue weighted by molar-refractivity contribution is 14.1. The molecule has 0 amide bonds. The fraction of sp³-hybridized carbons (Fsp3) is 0.333. The number of nitrogens with one attached hydrogen (secondary N) is 1. The van der Waals surface area contributed by atoms with E-state index >= 15 is 0 Å². The molecule has 0 fully saturated rings. The molecular formula is C9H13IN2. The van der Waals surface area contributed by atoms with E-state index in [2.05, 4.69) is 59.2 Å². The van der Waals surface area contributed by atoms with Crippen molar-refractivity contribution in [1.29, 1.82) is 0 Å². The first-order chi connectivity index (χ1) is 5.77. The van der Waals surface area contributed by atoms with Crippen LogP contribution < -0.4 is 11.3 Å². The number of nitrogens with two attached hydrogens (primary N) is 1. The Bertz CT molecular complexity index is 246. The average Bonchev–Trinajstić information content (AvgIpc) is 2.07.